The number of nitrogens with zero attached hydrogens (tertiary/aromatic N) is 2. The lowest BCUT2D eigenvalue weighted by molar-refractivity contribution is -0.303. The highest BCUT2D eigenvalue weighted by atomic mass is 35.5. The molecule has 1 aliphatic heterocycles. The number of carbonyl (C=O) groups excluding carboxylic acids is 1. The third-order valence-corrected chi connectivity index (χ3v) is 5.10. The number of hydrogen-bond donors (Lipinski definition) is 1. The van der Waals surface area contributed by atoms with Gasteiger partial charge in [-0.05, 0) is 38.0 Å². The van der Waals surface area contributed by atoms with Crippen molar-refractivity contribution in [2.45, 2.75) is 70.4 Å². The van der Waals surface area contributed by atoms with Crippen molar-refractivity contribution >= 4 is 34.8 Å². The molecule has 2 rings (SSSR count). The highest BCUT2D eigenvalue weighted by molar-refractivity contribution is 6.35. The maximum atomic E-state index is 13.6. The molecule has 29 heavy (non-hydrogen) atoms. The quantitative estimate of drug-likeness (QED) is 0.522. The second-order valence-corrected chi connectivity index (χ2v) is 7.80. The van der Waals surface area contributed by atoms with Gasteiger partial charge in [-0.2, -0.15) is 23.3 Å². The Bertz CT molecular complexity index is 774. The number of unbranched alkanes of at least 4 members (excludes halogenated alkanes) is 3. The lowest BCUT2D eigenvalue weighted by Gasteiger charge is -2.33. The topological polar surface area (TPSA) is 62.1 Å². The third kappa shape index (κ3) is 5.55. The number of hydrogen-bond acceptors (Lipinski definition) is 4. The fourth-order valence-electron chi connectivity index (χ4n) is 2.95. The molecule has 1 aliphatic rings. The molecule has 0 unspecified atom stereocenters. The predicted molar refractivity (Wildman–Crippen MR) is 105 cm³/mol. The van der Waals surface area contributed by atoms with Crippen LogP contribution in [0.2, 0.25) is 10.0 Å². The summed E-state index contributed by atoms with van der Waals surface area (Å²) >= 11 is 11.8. The van der Waals surface area contributed by atoms with Gasteiger partial charge in [-0.15, -0.1) is 0 Å². The first kappa shape index (κ1) is 23.8. The van der Waals surface area contributed by atoms with Crippen LogP contribution in [0.25, 0.3) is 0 Å². The number of halogens is 5. The van der Waals surface area contributed by atoms with E-state index in [4.69, 9.17) is 27.9 Å². The smallest absolute Gasteiger partial charge is 0.438 e. The molecule has 10 heteroatoms. The van der Waals surface area contributed by atoms with Crippen LogP contribution < -0.4 is 4.74 Å². The number of hydrazone groups is 1. The third-order valence-electron chi connectivity index (χ3n) is 4.57. The van der Waals surface area contributed by atoms with E-state index in [9.17, 15) is 23.1 Å². The molecule has 1 aromatic carbocycles. The molecule has 0 aliphatic carbocycles. The average Bonchev–Trinajstić information content (AvgIpc) is 2.98. The maximum absolute atomic E-state index is 13.6. The van der Waals surface area contributed by atoms with Crippen molar-refractivity contribution < 1.29 is 27.8 Å². The minimum absolute atomic E-state index is 0.0791. The van der Waals surface area contributed by atoms with Gasteiger partial charge in [0.2, 0.25) is 0 Å². The van der Waals surface area contributed by atoms with E-state index in [0.717, 1.165) is 19.3 Å². The number of amides is 1. The minimum atomic E-state index is -5.07. The van der Waals surface area contributed by atoms with Gasteiger partial charge in [-0.3, -0.25) is 4.79 Å². The van der Waals surface area contributed by atoms with Gasteiger partial charge in [0.1, 0.15) is 5.75 Å². The van der Waals surface area contributed by atoms with Gasteiger partial charge in [0.15, 0.2) is 6.10 Å². The van der Waals surface area contributed by atoms with Crippen molar-refractivity contribution in [2.75, 3.05) is 0 Å². The van der Waals surface area contributed by atoms with Crippen molar-refractivity contribution in [3.05, 3.63) is 28.2 Å². The summed E-state index contributed by atoms with van der Waals surface area (Å²) in [5, 5.41) is 14.6. The van der Waals surface area contributed by atoms with E-state index in [2.05, 4.69) is 5.10 Å². The lowest BCUT2D eigenvalue weighted by Crippen LogP contribution is -2.58. The van der Waals surface area contributed by atoms with Crippen molar-refractivity contribution in [1.29, 1.82) is 0 Å². The highest BCUT2D eigenvalue weighted by Gasteiger charge is 2.63. The SMILES string of the molecule is CCCCCCC1=NN(C(=O)[C@H](C)Oc2ccc(Cl)cc2Cl)[C@](O)(C(F)(F)F)C1. The molecule has 0 fully saturated rings. The van der Waals surface area contributed by atoms with E-state index in [1.54, 1.807) is 0 Å². The number of aliphatic hydroxyl groups is 1. The first-order valence-corrected chi connectivity index (χ1v) is 10.1. The van der Waals surface area contributed by atoms with Gasteiger partial charge in [0.25, 0.3) is 11.6 Å². The van der Waals surface area contributed by atoms with E-state index in [1.165, 1.54) is 25.1 Å². The fourth-order valence-corrected chi connectivity index (χ4v) is 3.40. The summed E-state index contributed by atoms with van der Waals surface area (Å²) in [7, 11) is 0. The van der Waals surface area contributed by atoms with E-state index >= 15 is 0 Å². The number of carbonyl (C=O) groups is 1. The summed E-state index contributed by atoms with van der Waals surface area (Å²) in [6, 6.07) is 4.25. The molecule has 0 aromatic heterocycles. The number of rotatable bonds is 8. The Morgan fingerprint density at radius 1 is 1.34 bits per heavy atom. The largest absolute Gasteiger partial charge is 0.479 e. The molecule has 1 heterocycles. The van der Waals surface area contributed by atoms with Gasteiger partial charge in [0.05, 0.1) is 5.02 Å². The summed E-state index contributed by atoms with van der Waals surface area (Å²) in [5.41, 5.74) is -3.27. The molecule has 2 atom stereocenters. The molecule has 1 amide bonds. The van der Waals surface area contributed by atoms with Gasteiger partial charge in [-0.25, -0.2) is 0 Å². The van der Waals surface area contributed by atoms with Gasteiger partial charge < -0.3 is 9.84 Å². The summed E-state index contributed by atoms with van der Waals surface area (Å²) in [6.45, 7) is 3.28. The van der Waals surface area contributed by atoms with E-state index in [0.29, 0.717) is 11.4 Å². The Balaban J connectivity index is 2.19. The molecule has 0 saturated heterocycles. The molecule has 1 N–H and O–H groups in total. The van der Waals surface area contributed by atoms with Crippen LogP contribution in [0, 0.1) is 0 Å². The molecule has 5 nitrogen and oxygen atoms in total. The van der Waals surface area contributed by atoms with Gasteiger partial charge in [-0.1, -0.05) is 49.4 Å². The standard InChI is InChI=1S/C19H23Cl2F3N2O3/c1-3-4-5-6-7-14-11-18(28,19(22,23)24)26(25-14)17(27)12(2)29-16-9-8-13(20)10-15(16)21/h8-10,12,28H,3-7,11H2,1-2H3/t12-,18+/m0/s1. The van der Waals surface area contributed by atoms with Crippen LogP contribution in [0.3, 0.4) is 0 Å². The number of benzene rings is 1. The molecular weight excluding hydrogens is 432 g/mol. The monoisotopic (exact) mass is 454 g/mol. The Labute approximate surface area is 177 Å². The molecule has 0 bridgehead atoms. The van der Waals surface area contributed by atoms with Crippen LogP contribution >= 0.6 is 23.2 Å². The van der Waals surface area contributed by atoms with Crippen molar-refractivity contribution in [3.8, 4) is 5.75 Å². The zero-order valence-electron chi connectivity index (χ0n) is 16.1. The second kappa shape index (κ2) is 9.53. The van der Waals surface area contributed by atoms with Crippen LogP contribution in [-0.2, 0) is 4.79 Å². The molecule has 162 valence electrons. The minimum Gasteiger partial charge on any atom is -0.479 e. The summed E-state index contributed by atoms with van der Waals surface area (Å²) < 4.78 is 46.1. The molecule has 0 spiro atoms. The predicted octanol–water partition coefficient (Wildman–Crippen LogP) is 5.57. The maximum Gasteiger partial charge on any atom is 0.438 e. The summed E-state index contributed by atoms with van der Waals surface area (Å²) in [6.07, 6.45) is -3.54. The lowest BCUT2D eigenvalue weighted by atomic mass is 10.0. The zero-order chi connectivity index (χ0) is 21.8. The van der Waals surface area contributed by atoms with Crippen LogP contribution in [-0.4, -0.2) is 39.7 Å². The number of alkyl halides is 3. The second-order valence-electron chi connectivity index (χ2n) is 6.95. The van der Waals surface area contributed by atoms with E-state index < -0.39 is 30.3 Å². The molecule has 0 radical (unpaired) electrons. The molecule has 1 aromatic rings. The Morgan fingerprint density at radius 3 is 2.62 bits per heavy atom. The zero-order valence-corrected chi connectivity index (χ0v) is 17.6. The Hall–Kier alpha value is -1.51. The van der Waals surface area contributed by atoms with Crippen molar-refractivity contribution in [1.82, 2.24) is 5.01 Å². The van der Waals surface area contributed by atoms with Crippen molar-refractivity contribution in [2.24, 2.45) is 5.10 Å². The van der Waals surface area contributed by atoms with E-state index in [1.807, 2.05) is 6.92 Å². The normalized spacial score (nSPS) is 20.6. The van der Waals surface area contributed by atoms with Crippen molar-refractivity contribution in [3.63, 3.8) is 0 Å². The first-order chi connectivity index (χ1) is 13.5. The molecular formula is C19H23Cl2F3N2O3. The summed E-state index contributed by atoms with van der Waals surface area (Å²) in [4.78, 5) is 12.7. The molecule has 0 saturated carbocycles. The average molecular weight is 455 g/mol. The Morgan fingerprint density at radius 2 is 2.03 bits per heavy atom. The summed E-state index contributed by atoms with van der Waals surface area (Å²) in [5.74, 6) is -1.05. The van der Waals surface area contributed by atoms with Crippen LogP contribution in [0.4, 0.5) is 13.2 Å². The Kier molecular flexibility index (Phi) is 7.81. The van der Waals surface area contributed by atoms with Crippen LogP contribution in [0.15, 0.2) is 23.3 Å². The van der Waals surface area contributed by atoms with Gasteiger partial charge >= 0.3 is 6.18 Å². The van der Waals surface area contributed by atoms with Crippen LogP contribution in [0.5, 0.6) is 5.75 Å². The first-order valence-electron chi connectivity index (χ1n) is 9.31. The van der Waals surface area contributed by atoms with Crippen LogP contribution in [0.1, 0.15) is 52.4 Å². The number of ether oxygens (including phenoxy) is 1. The highest BCUT2D eigenvalue weighted by Crippen LogP contribution is 2.41. The van der Waals surface area contributed by atoms with E-state index in [-0.39, 0.29) is 27.9 Å². The van der Waals surface area contributed by atoms with Gasteiger partial charge in [0, 0.05) is 17.2 Å². The fraction of sp³-hybridized carbons (Fsp3) is 0.579.